The van der Waals surface area contributed by atoms with E-state index >= 15 is 0 Å². The van der Waals surface area contributed by atoms with E-state index in [1.54, 1.807) is 18.3 Å². The van der Waals surface area contributed by atoms with Gasteiger partial charge in [-0.05, 0) is 47.5 Å². The molecule has 0 spiro atoms. The lowest BCUT2D eigenvalue weighted by Gasteiger charge is -2.12. The number of phenolic OH excluding ortho intramolecular Hbond substituents is 1. The number of nitrogens with zero attached hydrogens (tertiary/aromatic N) is 2. The van der Waals surface area contributed by atoms with Gasteiger partial charge in [-0.15, -0.1) is 0 Å². The van der Waals surface area contributed by atoms with E-state index in [4.69, 9.17) is 16.3 Å². The summed E-state index contributed by atoms with van der Waals surface area (Å²) in [5, 5.41) is 11.3. The maximum Gasteiger partial charge on any atom is 0.128 e. The van der Waals surface area contributed by atoms with E-state index in [-0.39, 0.29) is 5.75 Å². The Balaban J connectivity index is 1.60. The monoisotopic (exact) mass is 466 g/mol. The van der Waals surface area contributed by atoms with Crippen LogP contribution in [-0.2, 0) is 6.61 Å². The van der Waals surface area contributed by atoms with Crippen molar-refractivity contribution in [3.05, 3.63) is 94.3 Å². The van der Waals surface area contributed by atoms with Gasteiger partial charge in [0.1, 0.15) is 24.4 Å². The first-order valence-electron chi connectivity index (χ1n) is 8.87. The molecule has 0 saturated carbocycles. The molecule has 0 unspecified atom stereocenters. The molecule has 0 atom stereocenters. The van der Waals surface area contributed by atoms with Gasteiger partial charge < -0.3 is 9.84 Å². The van der Waals surface area contributed by atoms with Gasteiger partial charge in [-0.2, -0.15) is 0 Å². The van der Waals surface area contributed by atoms with E-state index in [1.807, 2.05) is 54.6 Å². The van der Waals surface area contributed by atoms with Crippen LogP contribution >= 0.6 is 27.5 Å². The summed E-state index contributed by atoms with van der Waals surface area (Å²) < 4.78 is 6.78. The van der Waals surface area contributed by atoms with E-state index < -0.39 is 0 Å². The highest BCUT2D eigenvalue weighted by Crippen LogP contribution is 2.37. The Morgan fingerprint density at radius 1 is 0.931 bits per heavy atom. The molecule has 4 nitrogen and oxygen atoms in total. The van der Waals surface area contributed by atoms with Crippen molar-refractivity contribution in [3.63, 3.8) is 0 Å². The Hall–Kier alpha value is -2.89. The number of aromatic hydroxyl groups is 1. The second kappa shape index (κ2) is 8.64. The maximum atomic E-state index is 10.6. The Kier molecular flexibility index (Phi) is 5.79. The quantitative estimate of drug-likeness (QED) is 0.363. The normalized spacial score (nSPS) is 10.7. The van der Waals surface area contributed by atoms with Crippen molar-refractivity contribution in [1.82, 2.24) is 9.97 Å². The molecule has 6 heteroatoms. The summed E-state index contributed by atoms with van der Waals surface area (Å²) in [7, 11) is 0. The minimum atomic E-state index is 0.0932. The Morgan fingerprint density at radius 2 is 1.69 bits per heavy atom. The summed E-state index contributed by atoms with van der Waals surface area (Å²) in [5.74, 6) is 0.663. The van der Waals surface area contributed by atoms with Crippen LogP contribution in [0.15, 0.2) is 83.7 Å². The smallest absolute Gasteiger partial charge is 0.128 e. The van der Waals surface area contributed by atoms with E-state index in [0.29, 0.717) is 28.6 Å². The lowest BCUT2D eigenvalue weighted by molar-refractivity contribution is 0.304. The predicted molar refractivity (Wildman–Crippen MR) is 118 cm³/mol. The van der Waals surface area contributed by atoms with Gasteiger partial charge in [0.2, 0.25) is 0 Å². The number of phenols is 1. The highest BCUT2D eigenvalue weighted by Gasteiger charge is 2.14. The van der Waals surface area contributed by atoms with E-state index in [2.05, 4.69) is 25.9 Å². The van der Waals surface area contributed by atoms with E-state index in [1.165, 1.54) is 6.33 Å². The molecular weight excluding hydrogens is 452 g/mol. The third-order valence-electron chi connectivity index (χ3n) is 4.41. The third kappa shape index (κ3) is 4.58. The van der Waals surface area contributed by atoms with Crippen LogP contribution in [-0.4, -0.2) is 15.1 Å². The van der Waals surface area contributed by atoms with Crippen LogP contribution in [0.3, 0.4) is 0 Å². The topological polar surface area (TPSA) is 55.2 Å². The molecule has 0 aliphatic rings. The molecule has 0 saturated heterocycles. The molecular formula is C23H16BrClN2O2. The summed E-state index contributed by atoms with van der Waals surface area (Å²) >= 11 is 9.35. The lowest BCUT2D eigenvalue weighted by atomic mass is 10.0. The SMILES string of the molecule is Oc1cc(OCc2ccc(Cl)cc2)ccc1-c1ncncc1-c1ccc(Br)cc1. The summed E-state index contributed by atoms with van der Waals surface area (Å²) in [4.78, 5) is 8.55. The molecule has 29 heavy (non-hydrogen) atoms. The Morgan fingerprint density at radius 3 is 2.41 bits per heavy atom. The van der Waals surface area contributed by atoms with Crippen LogP contribution in [0.1, 0.15) is 5.56 Å². The molecule has 0 aliphatic heterocycles. The van der Waals surface area contributed by atoms with Crippen molar-refractivity contribution in [3.8, 4) is 33.9 Å². The fourth-order valence-electron chi connectivity index (χ4n) is 2.93. The molecule has 1 N–H and O–H groups in total. The zero-order valence-corrected chi connectivity index (χ0v) is 17.6. The van der Waals surface area contributed by atoms with Gasteiger partial charge in [-0.1, -0.05) is 51.8 Å². The molecule has 1 aromatic heterocycles. The van der Waals surface area contributed by atoms with Crippen LogP contribution in [0.4, 0.5) is 0 Å². The maximum absolute atomic E-state index is 10.6. The highest BCUT2D eigenvalue weighted by molar-refractivity contribution is 9.10. The predicted octanol–water partition coefficient (Wildman–Crippen LogP) is 6.51. The zero-order chi connectivity index (χ0) is 20.2. The first-order chi connectivity index (χ1) is 14.1. The highest BCUT2D eigenvalue weighted by atomic mass is 79.9. The van der Waals surface area contributed by atoms with Gasteiger partial charge in [0.25, 0.3) is 0 Å². The summed E-state index contributed by atoms with van der Waals surface area (Å²) in [6.07, 6.45) is 3.22. The molecule has 4 rings (SSSR count). The number of benzene rings is 3. The van der Waals surface area contributed by atoms with Crippen LogP contribution in [0.25, 0.3) is 22.4 Å². The average molecular weight is 468 g/mol. The molecule has 144 valence electrons. The molecule has 3 aromatic carbocycles. The fraction of sp³-hybridized carbons (Fsp3) is 0.0435. The number of aromatic nitrogens is 2. The lowest BCUT2D eigenvalue weighted by Crippen LogP contribution is -1.96. The largest absolute Gasteiger partial charge is 0.507 e. The summed E-state index contributed by atoms with van der Waals surface area (Å²) in [5.41, 5.74) is 4.07. The fourth-order valence-corrected chi connectivity index (χ4v) is 3.32. The van der Waals surface area contributed by atoms with Gasteiger partial charge in [0.15, 0.2) is 0 Å². The van der Waals surface area contributed by atoms with Gasteiger partial charge in [0.05, 0.1) is 5.69 Å². The second-order valence-electron chi connectivity index (χ2n) is 6.39. The minimum absolute atomic E-state index is 0.0932. The average Bonchev–Trinajstić information content (AvgIpc) is 2.74. The molecule has 1 heterocycles. The first-order valence-corrected chi connectivity index (χ1v) is 10.0. The Bertz CT molecular complexity index is 1130. The van der Waals surface area contributed by atoms with Crippen molar-refractivity contribution >= 4 is 27.5 Å². The molecule has 4 aromatic rings. The second-order valence-corrected chi connectivity index (χ2v) is 7.74. The van der Waals surface area contributed by atoms with Crippen molar-refractivity contribution in [2.45, 2.75) is 6.61 Å². The van der Waals surface area contributed by atoms with Gasteiger partial charge in [-0.3, -0.25) is 0 Å². The first kappa shape index (κ1) is 19.4. The van der Waals surface area contributed by atoms with E-state index in [0.717, 1.165) is 21.2 Å². The van der Waals surface area contributed by atoms with Gasteiger partial charge in [0, 0.05) is 32.9 Å². The number of hydrogen-bond acceptors (Lipinski definition) is 4. The van der Waals surface area contributed by atoms with Gasteiger partial charge >= 0.3 is 0 Å². The van der Waals surface area contributed by atoms with Crippen molar-refractivity contribution < 1.29 is 9.84 Å². The molecule has 0 bridgehead atoms. The van der Waals surface area contributed by atoms with Crippen LogP contribution in [0, 0.1) is 0 Å². The minimum Gasteiger partial charge on any atom is -0.507 e. The Labute approximate surface area is 181 Å². The van der Waals surface area contributed by atoms with E-state index in [9.17, 15) is 5.11 Å². The summed E-state index contributed by atoms with van der Waals surface area (Å²) in [6, 6.07) is 20.5. The van der Waals surface area contributed by atoms with Crippen LogP contribution in [0.5, 0.6) is 11.5 Å². The third-order valence-corrected chi connectivity index (χ3v) is 5.19. The van der Waals surface area contributed by atoms with Crippen LogP contribution < -0.4 is 4.74 Å². The molecule has 0 fully saturated rings. The summed E-state index contributed by atoms with van der Waals surface area (Å²) in [6.45, 7) is 0.383. The zero-order valence-electron chi connectivity index (χ0n) is 15.2. The number of ether oxygens (including phenoxy) is 1. The van der Waals surface area contributed by atoms with Crippen molar-refractivity contribution in [2.75, 3.05) is 0 Å². The molecule has 0 amide bonds. The molecule has 0 aliphatic carbocycles. The number of rotatable bonds is 5. The standard InChI is InChI=1S/C23H16BrClN2O2/c24-17-5-3-16(4-6-17)21-12-26-14-27-23(21)20-10-9-19(11-22(20)28)29-13-15-1-7-18(25)8-2-15/h1-12,14,28H,13H2. The van der Waals surface area contributed by atoms with Crippen molar-refractivity contribution in [2.24, 2.45) is 0 Å². The van der Waals surface area contributed by atoms with Crippen LogP contribution in [0.2, 0.25) is 5.02 Å². The van der Waals surface area contributed by atoms with Crippen molar-refractivity contribution in [1.29, 1.82) is 0 Å². The molecule has 0 radical (unpaired) electrons. The van der Waals surface area contributed by atoms with Gasteiger partial charge in [-0.25, -0.2) is 9.97 Å². The number of hydrogen-bond donors (Lipinski definition) is 1. The number of halogens is 2.